The number of carbonyl (C=O) groups is 1. The summed E-state index contributed by atoms with van der Waals surface area (Å²) in [6.45, 7) is 0.521. The van der Waals surface area contributed by atoms with Crippen LogP contribution in [0.3, 0.4) is 0 Å². The number of carboxylic acid groups (broad SMARTS) is 1. The number of aliphatic carboxylic acids is 1. The van der Waals surface area contributed by atoms with Gasteiger partial charge in [0.2, 0.25) is 0 Å². The second-order valence-electron chi connectivity index (χ2n) is 4.67. The summed E-state index contributed by atoms with van der Waals surface area (Å²) in [5, 5.41) is 16.4. The molecule has 1 aliphatic rings. The first-order chi connectivity index (χ1) is 9.24. The Kier molecular flexibility index (Phi) is 3.00. The van der Waals surface area contributed by atoms with Crippen LogP contribution in [0.25, 0.3) is 5.69 Å². The third-order valence-electron chi connectivity index (χ3n) is 3.44. The number of hydrogen-bond donors (Lipinski definition) is 2. The molecule has 2 unspecified atom stereocenters. The molecule has 2 N–H and O–H groups in total. The Labute approximate surface area is 110 Å². The summed E-state index contributed by atoms with van der Waals surface area (Å²) in [6.07, 6.45) is 3.75. The lowest BCUT2D eigenvalue weighted by Gasteiger charge is -2.12. The molecular weight excluding hydrogens is 244 g/mol. The molecule has 3 rings (SSSR count). The van der Waals surface area contributed by atoms with Crippen molar-refractivity contribution in [3.63, 3.8) is 0 Å². The van der Waals surface area contributed by atoms with E-state index in [0.717, 1.165) is 11.3 Å². The highest BCUT2D eigenvalue weighted by Gasteiger charge is 2.30. The van der Waals surface area contributed by atoms with Crippen LogP contribution in [0.4, 0.5) is 0 Å². The number of carboxylic acids is 1. The van der Waals surface area contributed by atoms with Gasteiger partial charge in [0.15, 0.2) is 0 Å². The van der Waals surface area contributed by atoms with Crippen molar-refractivity contribution in [3.8, 4) is 5.69 Å². The van der Waals surface area contributed by atoms with Crippen LogP contribution in [0, 0.1) is 5.92 Å². The molecule has 2 atom stereocenters. The number of hydrogen-bond acceptors (Lipinski definition) is 4. The zero-order chi connectivity index (χ0) is 13.2. The summed E-state index contributed by atoms with van der Waals surface area (Å²) in [5.41, 5.74) is 2.01. The van der Waals surface area contributed by atoms with Crippen LogP contribution < -0.4 is 5.32 Å². The van der Waals surface area contributed by atoms with Gasteiger partial charge in [-0.3, -0.25) is 4.79 Å². The quantitative estimate of drug-likeness (QED) is 0.858. The van der Waals surface area contributed by atoms with Crippen LogP contribution >= 0.6 is 0 Å². The lowest BCUT2D eigenvalue weighted by atomic mass is 10.00. The zero-order valence-corrected chi connectivity index (χ0v) is 10.2. The molecule has 1 saturated heterocycles. The monoisotopic (exact) mass is 258 g/mol. The van der Waals surface area contributed by atoms with Gasteiger partial charge < -0.3 is 10.4 Å². The van der Waals surface area contributed by atoms with Crippen LogP contribution in [0.1, 0.15) is 18.0 Å². The van der Waals surface area contributed by atoms with Crippen molar-refractivity contribution in [2.24, 2.45) is 5.92 Å². The van der Waals surface area contributed by atoms with Gasteiger partial charge in [-0.15, -0.1) is 0 Å². The Balaban J connectivity index is 1.83. The van der Waals surface area contributed by atoms with E-state index in [2.05, 4.69) is 15.4 Å². The van der Waals surface area contributed by atoms with Gasteiger partial charge in [0.05, 0.1) is 11.6 Å². The van der Waals surface area contributed by atoms with Crippen molar-refractivity contribution < 1.29 is 9.90 Å². The van der Waals surface area contributed by atoms with E-state index in [-0.39, 0.29) is 12.0 Å². The van der Waals surface area contributed by atoms with E-state index in [1.54, 1.807) is 11.0 Å². The minimum atomic E-state index is -0.734. The van der Waals surface area contributed by atoms with E-state index in [9.17, 15) is 4.79 Å². The van der Waals surface area contributed by atoms with Gasteiger partial charge >= 0.3 is 5.97 Å². The normalized spacial score (nSPS) is 22.5. The Morgan fingerprint density at radius 1 is 1.47 bits per heavy atom. The Bertz CT molecular complexity index is 582. The Morgan fingerprint density at radius 3 is 3.05 bits per heavy atom. The first-order valence-corrected chi connectivity index (χ1v) is 6.15. The molecular formula is C13H14N4O2. The Morgan fingerprint density at radius 2 is 2.37 bits per heavy atom. The SMILES string of the molecule is O=C(O)C1CNC(c2cccc(-n3cncn3)c2)C1. The average Bonchev–Trinajstić information content (AvgIpc) is 3.10. The van der Waals surface area contributed by atoms with E-state index < -0.39 is 5.97 Å². The lowest BCUT2D eigenvalue weighted by molar-refractivity contribution is -0.141. The van der Waals surface area contributed by atoms with Crippen molar-refractivity contribution in [3.05, 3.63) is 42.5 Å². The standard InChI is InChI=1S/C13H14N4O2/c18-13(19)10-5-12(15-6-10)9-2-1-3-11(4-9)17-8-14-7-16-17/h1-4,7-8,10,12,15H,5-6H2,(H,18,19). The number of benzene rings is 1. The van der Waals surface area contributed by atoms with Crippen molar-refractivity contribution in [1.29, 1.82) is 0 Å². The van der Waals surface area contributed by atoms with E-state index in [0.29, 0.717) is 13.0 Å². The van der Waals surface area contributed by atoms with Crippen molar-refractivity contribution in [2.75, 3.05) is 6.54 Å². The van der Waals surface area contributed by atoms with Gasteiger partial charge in [0.25, 0.3) is 0 Å². The average molecular weight is 258 g/mol. The summed E-state index contributed by atoms with van der Waals surface area (Å²) in [7, 11) is 0. The summed E-state index contributed by atoms with van der Waals surface area (Å²) in [6, 6.07) is 7.99. The molecule has 0 spiro atoms. The van der Waals surface area contributed by atoms with Crippen LogP contribution in [0.2, 0.25) is 0 Å². The second kappa shape index (κ2) is 4.81. The summed E-state index contributed by atoms with van der Waals surface area (Å²) in [5.74, 6) is -1.04. The lowest BCUT2D eigenvalue weighted by Crippen LogP contribution is -2.17. The molecule has 6 nitrogen and oxygen atoms in total. The molecule has 0 bridgehead atoms. The molecule has 2 heterocycles. The van der Waals surface area contributed by atoms with E-state index in [1.165, 1.54) is 6.33 Å². The molecule has 0 amide bonds. The maximum absolute atomic E-state index is 11.0. The van der Waals surface area contributed by atoms with Gasteiger partial charge in [-0.1, -0.05) is 12.1 Å². The number of nitrogens with one attached hydrogen (secondary N) is 1. The second-order valence-corrected chi connectivity index (χ2v) is 4.67. The Hall–Kier alpha value is -2.21. The van der Waals surface area contributed by atoms with Crippen LogP contribution in [-0.4, -0.2) is 32.4 Å². The molecule has 1 aromatic carbocycles. The minimum absolute atomic E-state index is 0.0876. The highest BCUT2D eigenvalue weighted by atomic mass is 16.4. The fourth-order valence-corrected chi connectivity index (χ4v) is 2.40. The third kappa shape index (κ3) is 2.34. The predicted molar refractivity (Wildman–Crippen MR) is 67.8 cm³/mol. The third-order valence-corrected chi connectivity index (χ3v) is 3.44. The maximum atomic E-state index is 11.0. The largest absolute Gasteiger partial charge is 0.481 e. The molecule has 1 aliphatic heterocycles. The predicted octanol–water partition coefficient (Wildman–Crippen LogP) is 1.00. The van der Waals surface area contributed by atoms with Crippen molar-refractivity contribution >= 4 is 5.97 Å². The van der Waals surface area contributed by atoms with Crippen LogP contribution in [-0.2, 0) is 4.79 Å². The molecule has 0 radical (unpaired) electrons. The molecule has 1 aromatic heterocycles. The number of nitrogens with zero attached hydrogens (tertiary/aromatic N) is 3. The number of aromatic nitrogens is 3. The van der Waals surface area contributed by atoms with Crippen LogP contribution in [0.5, 0.6) is 0 Å². The van der Waals surface area contributed by atoms with Crippen molar-refractivity contribution in [1.82, 2.24) is 20.1 Å². The van der Waals surface area contributed by atoms with Gasteiger partial charge in [0.1, 0.15) is 12.7 Å². The van der Waals surface area contributed by atoms with Gasteiger partial charge in [-0.05, 0) is 24.1 Å². The summed E-state index contributed by atoms with van der Waals surface area (Å²) >= 11 is 0. The van der Waals surface area contributed by atoms with Gasteiger partial charge in [0, 0.05) is 12.6 Å². The highest BCUT2D eigenvalue weighted by molar-refractivity contribution is 5.70. The van der Waals surface area contributed by atoms with Crippen molar-refractivity contribution in [2.45, 2.75) is 12.5 Å². The first kappa shape index (κ1) is 11.9. The molecule has 2 aromatic rings. The molecule has 6 heteroatoms. The molecule has 0 aliphatic carbocycles. The van der Waals surface area contributed by atoms with Gasteiger partial charge in [-0.25, -0.2) is 9.67 Å². The van der Waals surface area contributed by atoms with E-state index in [1.807, 2.05) is 24.3 Å². The first-order valence-electron chi connectivity index (χ1n) is 6.15. The summed E-state index contributed by atoms with van der Waals surface area (Å²) in [4.78, 5) is 14.9. The van der Waals surface area contributed by atoms with E-state index >= 15 is 0 Å². The van der Waals surface area contributed by atoms with Gasteiger partial charge in [-0.2, -0.15) is 5.10 Å². The maximum Gasteiger partial charge on any atom is 0.307 e. The van der Waals surface area contributed by atoms with Crippen LogP contribution in [0.15, 0.2) is 36.9 Å². The molecule has 19 heavy (non-hydrogen) atoms. The molecule has 0 saturated carbocycles. The fraction of sp³-hybridized carbons (Fsp3) is 0.308. The topological polar surface area (TPSA) is 80.0 Å². The highest BCUT2D eigenvalue weighted by Crippen LogP contribution is 2.28. The molecule has 1 fully saturated rings. The summed E-state index contributed by atoms with van der Waals surface area (Å²) < 4.78 is 1.69. The van der Waals surface area contributed by atoms with E-state index in [4.69, 9.17) is 5.11 Å². The number of rotatable bonds is 3. The smallest absolute Gasteiger partial charge is 0.307 e. The molecule has 98 valence electrons. The fourth-order valence-electron chi connectivity index (χ4n) is 2.40. The minimum Gasteiger partial charge on any atom is -0.481 e. The zero-order valence-electron chi connectivity index (χ0n) is 10.2.